The van der Waals surface area contributed by atoms with Crippen molar-refractivity contribution in [2.75, 3.05) is 13.2 Å². The van der Waals surface area contributed by atoms with Gasteiger partial charge in [0.25, 0.3) is 0 Å². The van der Waals surface area contributed by atoms with Crippen molar-refractivity contribution in [2.45, 2.75) is 30.9 Å². The summed E-state index contributed by atoms with van der Waals surface area (Å²) in [7, 11) is 0. The third-order valence-corrected chi connectivity index (χ3v) is 3.25. The van der Waals surface area contributed by atoms with Crippen LogP contribution in [0.3, 0.4) is 0 Å². The number of aliphatic hydroxyl groups is 4. The maximum atomic E-state index is 9.94. The van der Waals surface area contributed by atoms with E-state index in [1.807, 2.05) is 30.3 Å². The molecule has 0 aliphatic carbocycles. The first kappa shape index (κ1) is 14.4. The highest BCUT2D eigenvalue weighted by Gasteiger charge is 2.41. The second-order valence-electron chi connectivity index (χ2n) is 4.66. The van der Waals surface area contributed by atoms with Gasteiger partial charge in [-0.3, -0.25) is 4.84 Å². The van der Waals surface area contributed by atoms with Crippen molar-refractivity contribution >= 4 is 0 Å². The molecule has 1 fully saturated rings. The fraction of sp³-hybridized carbons (Fsp3) is 0.538. The minimum absolute atomic E-state index is 0.0390. The van der Waals surface area contributed by atoms with Crippen LogP contribution >= 0.6 is 0 Å². The number of rotatable bonds is 4. The normalized spacial score (nSPS) is 30.2. The molecule has 4 atom stereocenters. The summed E-state index contributed by atoms with van der Waals surface area (Å²) >= 11 is 0. The Labute approximate surface area is 111 Å². The maximum absolute atomic E-state index is 9.94. The molecule has 1 aliphatic heterocycles. The lowest BCUT2D eigenvalue weighted by molar-refractivity contribution is -0.294. The summed E-state index contributed by atoms with van der Waals surface area (Å²) < 4.78 is 0. The van der Waals surface area contributed by atoms with E-state index in [-0.39, 0.29) is 6.61 Å². The third-order valence-electron chi connectivity index (χ3n) is 3.25. The number of hydrogen-bond acceptors (Lipinski definition) is 6. The van der Waals surface area contributed by atoms with Crippen LogP contribution in [0.2, 0.25) is 0 Å². The Bertz CT molecular complexity index is 388. The molecule has 2 rings (SSSR count). The molecule has 1 heterocycles. The fourth-order valence-corrected chi connectivity index (χ4v) is 2.20. The Balaban J connectivity index is 2.12. The second-order valence-corrected chi connectivity index (χ2v) is 4.66. The zero-order valence-corrected chi connectivity index (χ0v) is 10.5. The van der Waals surface area contributed by atoms with E-state index >= 15 is 0 Å². The molecule has 6 heteroatoms. The van der Waals surface area contributed by atoms with E-state index < -0.39 is 31.0 Å². The van der Waals surface area contributed by atoms with Crippen LogP contribution in [0.25, 0.3) is 0 Å². The molecule has 0 aromatic heterocycles. The smallest absolute Gasteiger partial charge is 0.107 e. The molecule has 6 nitrogen and oxygen atoms in total. The minimum Gasteiger partial charge on any atom is -0.394 e. The Morgan fingerprint density at radius 1 is 1.26 bits per heavy atom. The zero-order valence-electron chi connectivity index (χ0n) is 10.5. The standard InChI is InChI=1S/C13H19NO5/c15-7-10(16)12-13(18)11(17)8-19-14(12)6-9-4-2-1-3-5-9/h1-5,10-13,15-18H,6-8H2/t10-,11-,12+,13+/m1/s1. The molecule has 0 radical (unpaired) electrons. The molecule has 1 aromatic carbocycles. The number of hydrogen-bond donors (Lipinski definition) is 4. The summed E-state index contributed by atoms with van der Waals surface area (Å²) in [6.07, 6.45) is -3.42. The van der Waals surface area contributed by atoms with E-state index in [4.69, 9.17) is 9.94 Å². The molecule has 1 saturated heterocycles. The molecule has 0 unspecified atom stereocenters. The highest BCUT2D eigenvalue weighted by atomic mass is 16.7. The van der Waals surface area contributed by atoms with Gasteiger partial charge in [-0.1, -0.05) is 30.3 Å². The predicted octanol–water partition coefficient (Wildman–Crippen LogP) is -1.12. The Morgan fingerprint density at radius 2 is 1.95 bits per heavy atom. The highest BCUT2D eigenvalue weighted by Crippen LogP contribution is 2.21. The van der Waals surface area contributed by atoms with Crippen LogP contribution in [-0.4, -0.2) is 63.1 Å². The van der Waals surface area contributed by atoms with E-state index in [1.54, 1.807) is 0 Å². The third kappa shape index (κ3) is 3.30. The van der Waals surface area contributed by atoms with Gasteiger partial charge in [-0.25, -0.2) is 0 Å². The van der Waals surface area contributed by atoms with E-state index in [2.05, 4.69) is 0 Å². The van der Waals surface area contributed by atoms with Crippen LogP contribution in [0.1, 0.15) is 5.56 Å². The van der Waals surface area contributed by atoms with E-state index in [9.17, 15) is 15.3 Å². The van der Waals surface area contributed by atoms with Gasteiger partial charge in [0.1, 0.15) is 12.2 Å². The van der Waals surface area contributed by atoms with Gasteiger partial charge in [0.15, 0.2) is 0 Å². The minimum atomic E-state index is -1.19. The molecule has 106 valence electrons. The molecule has 0 saturated carbocycles. The summed E-state index contributed by atoms with van der Waals surface area (Å²) in [6, 6.07) is 8.56. The van der Waals surface area contributed by atoms with Crippen LogP contribution in [0.15, 0.2) is 30.3 Å². The highest BCUT2D eigenvalue weighted by molar-refractivity contribution is 5.14. The molecule has 4 N–H and O–H groups in total. The molecule has 0 spiro atoms. The van der Waals surface area contributed by atoms with Gasteiger partial charge in [0, 0.05) is 6.54 Å². The SMILES string of the molecule is OC[C@@H](O)[C@H]1[C@@H](O)[C@H](O)CON1Cc1ccccc1. The van der Waals surface area contributed by atoms with Gasteiger partial charge >= 0.3 is 0 Å². The second kappa shape index (κ2) is 6.42. The number of nitrogens with zero attached hydrogens (tertiary/aromatic N) is 1. The van der Waals surface area contributed by atoms with Gasteiger partial charge in [-0.05, 0) is 5.56 Å². The van der Waals surface area contributed by atoms with Crippen LogP contribution < -0.4 is 0 Å². The molecular formula is C13H19NO5. The lowest BCUT2D eigenvalue weighted by atomic mass is 9.98. The van der Waals surface area contributed by atoms with Crippen LogP contribution in [0, 0.1) is 0 Å². The topological polar surface area (TPSA) is 93.4 Å². The summed E-state index contributed by atoms with van der Waals surface area (Å²) in [4.78, 5) is 5.35. The summed E-state index contributed by atoms with van der Waals surface area (Å²) in [5, 5.41) is 39.8. The number of hydroxylamine groups is 2. The van der Waals surface area contributed by atoms with Crippen LogP contribution in [-0.2, 0) is 11.4 Å². The number of benzene rings is 1. The Kier molecular flexibility index (Phi) is 4.87. The molecule has 19 heavy (non-hydrogen) atoms. The van der Waals surface area contributed by atoms with Crippen molar-refractivity contribution in [1.29, 1.82) is 0 Å². The van der Waals surface area contributed by atoms with E-state index in [1.165, 1.54) is 5.06 Å². The van der Waals surface area contributed by atoms with Gasteiger partial charge in [-0.15, -0.1) is 0 Å². The maximum Gasteiger partial charge on any atom is 0.107 e. The Morgan fingerprint density at radius 3 is 2.58 bits per heavy atom. The fourth-order valence-electron chi connectivity index (χ4n) is 2.20. The predicted molar refractivity (Wildman–Crippen MR) is 66.8 cm³/mol. The molecule has 0 bridgehead atoms. The van der Waals surface area contributed by atoms with Gasteiger partial charge in [-0.2, -0.15) is 5.06 Å². The zero-order chi connectivity index (χ0) is 13.8. The Hall–Kier alpha value is -1.02. The van der Waals surface area contributed by atoms with Gasteiger partial charge in [0.05, 0.1) is 25.4 Å². The molecule has 1 aromatic rings. The first-order valence-electron chi connectivity index (χ1n) is 6.22. The summed E-state index contributed by atoms with van der Waals surface area (Å²) in [5.74, 6) is 0. The van der Waals surface area contributed by atoms with Crippen molar-refractivity contribution in [1.82, 2.24) is 5.06 Å². The molecule has 0 amide bonds. The number of aliphatic hydroxyl groups excluding tert-OH is 4. The average molecular weight is 269 g/mol. The molecule has 1 aliphatic rings. The van der Waals surface area contributed by atoms with Gasteiger partial charge < -0.3 is 20.4 Å². The van der Waals surface area contributed by atoms with Crippen LogP contribution in [0.4, 0.5) is 0 Å². The van der Waals surface area contributed by atoms with E-state index in [0.717, 1.165) is 5.56 Å². The average Bonchev–Trinajstić information content (AvgIpc) is 2.44. The monoisotopic (exact) mass is 269 g/mol. The lowest BCUT2D eigenvalue weighted by Gasteiger charge is -2.42. The quantitative estimate of drug-likeness (QED) is 0.553. The lowest BCUT2D eigenvalue weighted by Crippen LogP contribution is -2.60. The van der Waals surface area contributed by atoms with Crippen molar-refractivity contribution in [3.63, 3.8) is 0 Å². The van der Waals surface area contributed by atoms with Crippen molar-refractivity contribution in [3.8, 4) is 0 Å². The summed E-state index contributed by atoms with van der Waals surface area (Å²) in [5.41, 5.74) is 0.946. The first-order valence-corrected chi connectivity index (χ1v) is 6.22. The van der Waals surface area contributed by atoms with E-state index in [0.29, 0.717) is 6.54 Å². The molecular weight excluding hydrogens is 250 g/mol. The van der Waals surface area contributed by atoms with Crippen molar-refractivity contribution < 1.29 is 25.3 Å². The summed E-state index contributed by atoms with van der Waals surface area (Å²) in [6.45, 7) is -0.196. The van der Waals surface area contributed by atoms with Gasteiger partial charge in [0.2, 0.25) is 0 Å². The van der Waals surface area contributed by atoms with Crippen LogP contribution in [0.5, 0.6) is 0 Å². The van der Waals surface area contributed by atoms with Crippen molar-refractivity contribution in [2.24, 2.45) is 0 Å². The first-order chi connectivity index (χ1) is 9.13. The van der Waals surface area contributed by atoms with Crippen molar-refractivity contribution in [3.05, 3.63) is 35.9 Å². The largest absolute Gasteiger partial charge is 0.394 e.